The molecular formula is C22H23N5OS. The number of rotatable bonds is 4. The molecule has 1 fully saturated rings. The first-order valence-electron chi connectivity index (χ1n) is 9.70. The van der Waals surface area contributed by atoms with Crippen LogP contribution in [0, 0.1) is 25.2 Å². The normalized spacial score (nSPS) is 14.6. The molecule has 0 atom stereocenters. The maximum atomic E-state index is 9.58. The highest BCUT2D eigenvalue weighted by atomic mass is 32.1. The summed E-state index contributed by atoms with van der Waals surface area (Å²) < 4.78 is 5.48. The van der Waals surface area contributed by atoms with Gasteiger partial charge in [-0.15, -0.1) is 16.4 Å². The number of piperidine rings is 1. The van der Waals surface area contributed by atoms with Crippen LogP contribution >= 0.6 is 11.3 Å². The molecule has 7 heteroatoms. The average Bonchev–Trinajstić information content (AvgIpc) is 3.25. The summed E-state index contributed by atoms with van der Waals surface area (Å²) in [7, 11) is 1.69. The summed E-state index contributed by atoms with van der Waals surface area (Å²) in [6.45, 7) is 5.52. The lowest BCUT2D eigenvalue weighted by Crippen LogP contribution is -2.34. The third kappa shape index (κ3) is 3.68. The summed E-state index contributed by atoms with van der Waals surface area (Å²) in [5.74, 6) is 1.98. The minimum atomic E-state index is 0.421. The van der Waals surface area contributed by atoms with Gasteiger partial charge in [-0.05, 0) is 44.4 Å². The molecule has 3 heterocycles. The second-order valence-electron chi connectivity index (χ2n) is 7.25. The fraction of sp³-hybridized carbons (Fsp3) is 0.364. The Balaban J connectivity index is 1.50. The van der Waals surface area contributed by atoms with E-state index in [0.29, 0.717) is 17.3 Å². The number of nitrogens with zero attached hydrogens (tertiary/aromatic N) is 5. The lowest BCUT2D eigenvalue weighted by atomic mass is 9.97. The summed E-state index contributed by atoms with van der Waals surface area (Å²) in [6.07, 6.45) is 1.97. The van der Waals surface area contributed by atoms with Gasteiger partial charge >= 0.3 is 0 Å². The minimum absolute atomic E-state index is 0.421. The molecule has 0 spiro atoms. The molecule has 1 aromatic carbocycles. The summed E-state index contributed by atoms with van der Waals surface area (Å²) in [6, 6.07) is 10.3. The largest absolute Gasteiger partial charge is 0.496 e. The molecule has 0 radical (unpaired) electrons. The Morgan fingerprint density at radius 3 is 2.66 bits per heavy atom. The van der Waals surface area contributed by atoms with E-state index in [4.69, 9.17) is 9.72 Å². The molecule has 0 amide bonds. The van der Waals surface area contributed by atoms with E-state index in [0.717, 1.165) is 59.2 Å². The zero-order valence-corrected chi connectivity index (χ0v) is 17.7. The van der Waals surface area contributed by atoms with Crippen LogP contribution in [-0.2, 0) is 0 Å². The number of hydrogen-bond acceptors (Lipinski definition) is 7. The number of anilines is 1. The number of methoxy groups -OCH3 is 1. The zero-order valence-electron chi connectivity index (χ0n) is 16.8. The molecule has 2 aromatic heterocycles. The molecule has 4 rings (SSSR count). The van der Waals surface area contributed by atoms with Gasteiger partial charge < -0.3 is 9.64 Å². The number of aryl methyl sites for hydroxylation is 1. The van der Waals surface area contributed by atoms with Crippen molar-refractivity contribution in [3.8, 4) is 23.1 Å². The molecule has 1 saturated heterocycles. The summed E-state index contributed by atoms with van der Waals surface area (Å²) >= 11 is 1.71. The lowest BCUT2D eigenvalue weighted by molar-refractivity contribution is 0.416. The topological polar surface area (TPSA) is 74.9 Å². The van der Waals surface area contributed by atoms with Crippen LogP contribution in [0.25, 0.3) is 11.3 Å². The van der Waals surface area contributed by atoms with Crippen molar-refractivity contribution in [3.63, 3.8) is 0 Å². The van der Waals surface area contributed by atoms with E-state index >= 15 is 0 Å². The van der Waals surface area contributed by atoms with Gasteiger partial charge in [0.2, 0.25) is 0 Å². The summed E-state index contributed by atoms with van der Waals surface area (Å²) in [5, 5.41) is 21.4. The Labute approximate surface area is 174 Å². The smallest absolute Gasteiger partial charge is 0.169 e. The van der Waals surface area contributed by atoms with Crippen LogP contribution in [0.4, 0.5) is 5.82 Å². The molecule has 3 aromatic rings. The molecule has 0 aliphatic carbocycles. The van der Waals surface area contributed by atoms with Crippen LogP contribution < -0.4 is 9.64 Å². The van der Waals surface area contributed by atoms with Crippen LogP contribution in [0.5, 0.6) is 5.75 Å². The molecule has 1 aliphatic rings. The van der Waals surface area contributed by atoms with Crippen molar-refractivity contribution < 1.29 is 4.74 Å². The Morgan fingerprint density at radius 1 is 1.17 bits per heavy atom. The van der Waals surface area contributed by atoms with E-state index in [1.54, 1.807) is 18.4 Å². The molecule has 1 aliphatic heterocycles. The molecule has 0 saturated carbocycles. The number of hydrogen-bond donors (Lipinski definition) is 0. The molecule has 148 valence electrons. The van der Waals surface area contributed by atoms with Gasteiger partial charge in [0, 0.05) is 30.0 Å². The number of para-hydroxylation sites is 1. The Hall–Kier alpha value is -2.98. The standard InChI is InChI=1S/C22H23N5OS/c1-14-15(2)25-26-21(18(14)12-23)27-10-8-16(9-11-27)22-24-19(13-29-22)17-6-4-5-7-20(17)28-3/h4-7,13,16H,8-11H2,1-3H3. The Morgan fingerprint density at radius 2 is 1.93 bits per heavy atom. The van der Waals surface area contributed by atoms with Gasteiger partial charge in [0.05, 0.1) is 23.5 Å². The number of benzene rings is 1. The minimum Gasteiger partial charge on any atom is -0.496 e. The monoisotopic (exact) mass is 405 g/mol. The van der Waals surface area contributed by atoms with Crippen molar-refractivity contribution in [3.05, 3.63) is 51.5 Å². The van der Waals surface area contributed by atoms with Gasteiger partial charge in [0.25, 0.3) is 0 Å². The first-order valence-corrected chi connectivity index (χ1v) is 10.6. The van der Waals surface area contributed by atoms with E-state index in [-0.39, 0.29) is 0 Å². The van der Waals surface area contributed by atoms with Gasteiger partial charge in [-0.25, -0.2) is 4.98 Å². The van der Waals surface area contributed by atoms with Crippen LogP contribution in [0.15, 0.2) is 29.6 Å². The summed E-state index contributed by atoms with van der Waals surface area (Å²) in [5.41, 5.74) is 4.37. The maximum Gasteiger partial charge on any atom is 0.169 e. The highest BCUT2D eigenvalue weighted by Crippen LogP contribution is 2.36. The molecular weight excluding hydrogens is 382 g/mol. The highest BCUT2D eigenvalue weighted by Gasteiger charge is 2.26. The highest BCUT2D eigenvalue weighted by molar-refractivity contribution is 7.10. The fourth-order valence-electron chi connectivity index (χ4n) is 3.74. The molecule has 0 N–H and O–H groups in total. The van der Waals surface area contributed by atoms with Gasteiger partial charge in [-0.3, -0.25) is 0 Å². The predicted molar refractivity (Wildman–Crippen MR) is 115 cm³/mol. The number of thiazole rings is 1. The van der Waals surface area contributed by atoms with Crippen LogP contribution in [0.2, 0.25) is 0 Å². The van der Waals surface area contributed by atoms with Crippen LogP contribution in [-0.4, -0.2) is 35.4 Å². The van der Waals surface area contributed by atoms with Crippen molar-refractivity contribution in [1.29, 1.82) is 5.26 Å². The Kier molecular flexibility index (Phi) is 5.45. The van der Waals surface area contributed by atoms with Crippen molar-refractivity contribution in [1.82, 2.24) is 15.2 Å². The van der Waals surface area contributed by atoms with E-state index in [1.807, 2.05) is 38.1 Å². The number of nitriles is 1. The van der Waals surface area contributed by atoms with Crippen molar-refractivity contribution >= 4 is 17.2 Å². The van der Waals surface area contributed by atoms with Crippen LogP contribution in [0.3, 0.4) is 0 Å². The third-order valence-corrected chi connectivity index (χ3v) is 6.60. The number of aromatic nitrogens is 3. The molecule has 29 heavy (non-hydrogen) atoms. The lowest BCUT2D eigenvalue weighted by Gasteiger charge is -2.32. The second kappa shape index (κ2) is 8.18. The zero-order chi connectivity index (χ0) is 20.4. The van der Waals surface area contributed by atoms with Crippen molar-refractivity contribution in [2.45, 2.75) is 32.6 Å². The predicted octanol–water partition coefficient (Wildman–Crippen LogP) is 4.48. The Bertz CT molecular complexity index is 1060. The third-order valence-electron chi connectivity index (χ3n) is 5.60. The molecule has 0 bridgehead atoms. The van der Waals surface area contributed by atoms with Gasteiger partial charge in [0.15, 0.2) is 5.82 Å². The second-order valence-corrected chi connectivity index (χ2v) is 8.14. The number of ether oxygens (including phenoxy) is 1. The van der Waals surface area contributed by atoms with E-state index in [1.165, 1.54) is 0 Å². The SMILES string of the molecule is COc1ccccc1-c1csc(C2CCN(c3nnc(C)c(C)c3C#N)CC2)n1. The van der Waals surface area contributed by atoms with Gasteiger partial charge in [-0.2, -0.15) is 10.4 Å². The maximum absolute atomic E-state index is 9.58. The van der Waals surface area contributed by atoms with Crippen molar-refractivity contribution in [2.75, 3.05) is 25.1 Å². The van der Waals surface area contributed by atoms with Crippen LogP contribution in [0.1, 0.15) is 40.6 Å². The van der Waals surface area contributed by atoms with Crippen molar-refractivity contribution in [2.24, 2.45) is 0 Å². The average molecular weight is 406 g/mol. The van der Waals surface area contributed by atoms with E-state index in [2.05, 4.69) is 26.5 Å². The quantitative estimate of drug-likeness (QED) is 0.637. The summed E-state index contributed by atoms with van der Waals surface area (Å²) in [4.78, 5) is 7.09. The molecule has 0 unspecified atom stereocenters. The molecule has 6 nitrogen and oxygen atoms in total. The fourth-order valence-corrected chi connectivity index (χ4v) is 4.74. The van der Waals surface area contributed by atoms with Gasteiger partial charge in [0.1, 0.15) is 17.4 Å². The van der Waals surface area contributed by atoms with Gasteiger partial charge in [-0.1, -0.05) is 12.1 Å². The first kappa shape index (κ1) is 19.3. The van der Waals surface area contributed by atoms with E-state index < -0.39 is 0 Å². The first-order chi connectivity index (χ1) is 14.1. The van der Waals surface area contributed by atoms with E-state index in [9.17, 15) is 5.26 Å².